The van der Waals surface area contributed by atoms with E-state index < -0.39 is 0 Å². The fraction of sp³-hybridized carbons (Fsp3) is 0.600. The van der Waals surface area contributed by atoms with E-state index in [1.54, 1.807) is 0 Å². The monoisotopic (exact) mass is 232 g/mol. The van der Waals surface area contributed by atoms with Crippen LogP contribution in [0.2, 0.25) is 0 Å². The molecule has 0 bridgehead atoms. The topological polar surface area (TPSA) is 29.3 Å². The van der Waals surface area contributed by atoms with Gasteiger partial charge >= 0.3 is 0 Å². The van der Waals surface area contributed by atoms with Crippen molar-refractivity contribution in [1.29, 1.82) is 0 Å². The number of hydrogen-bond donors (Lipinski definition) is 1. The van der Waals surface area contributed by atoms with Gasteiger partial charge in [0.1, 0.15) is 0 Å². The zero-order valence-corrected chi connectivity index (χ0v) is 11.2. The van der Waals surface area contributed by atoms with E-state index in [1.165, 1.54) is 17.5 Å². The van der Waals surface area contributed by atoms with Crippen LogP contribution in [0.4, 0.5) is 0 Å². The van der Waals surface area contributed by atoms with Crippen LogP contribution in [-0.4, -0.2) is 17.0 Å². The Morgan fingerprint density at radius 2 is 1.82 bits per heavy atom. The molecule has 0 fully saturated rings. The van der Waals surface area contributed by atoms with E-state index in [0.717, 1.165) is 19.6 Å². The zero-order valence-electron chi connectivity index (χ0n) is 11.2. The molecule has 2 atom stereocenters. The molecule has 0 spiro atoms. The first-order valence-corrected chi connectivity index (χ1v) is 6.63. The highest BCUT2D eigenvalue weighted by Gasteiger charge is 2.37. The molecule has 1 aromatic rings. The maximum Gasteiger partial charge on any atom is 0.0336 e. The maximum atomic E-state index is 6.06. The highest BCUT2D eigenvalue weighted by molar-refractivity contribution is 5.31. The molecule has 1 aliphatic heterocycles. The van der Waals surface area contributed by atoms with Crippen molar-refractivity contribution in [2.24, 2.45) is 11.7 Å². The second-order valence-corrected chi connectivity index (χ2v) is 5.50. The van der Waals surface area contributed by atoms with E-state index in [0.29, 0.717) is 5.92 Å². The number of rotatable bonds is 4. The van der Waals surface area contributed by atoms with Gasteiger partial charge in [0.15, 0.2) is 0 Å². The summed E-state index contributed by atoms with van der Waals surface area (Å²) in [4.78, 5) is 2.55. The number of nitrogens with zero attached hydrogens (tertiary/aromatic N) is 1. The van der Waals surface area contributed by atoms with Gasteiger partial charge in [0.05, 0.1) is 0 Å². The Hall–Kier alpha value is -0.860. The first kappa shape index (κ1) is 12.6. The summed E-state index contributed by atoms with van der Waals surface area (Å²) in [6.07, 6.45) is 1.18. The Morgan fingerprint density at radius 3 is 2.24 bits per heavy atom. The molecule has 0 radical (unpaired) electrons. The van der Waals surface area contributed by atoms with Crippen molar-refractivity contribution >= 4 is 0 Å². The molecular weight excluding hydrogens is 208 g/mol. The number of nitrogens with two attached hydrogens (primary N) is 1. The van der Waals surface area contributed by atoms with Crippen molar-refractivity contribution in [2.45, 2.75) is 45.8 Å². The van der Waals surface area contributed by atoms with Crippen molar-refractivity contribution in [3.8, 4) is 0 Å². The van der Waals surface area contributed by atoms with Gasteiger partial charge in [-0.3, -0.25) is 4.90 Å². The smallest absolute Gasteiger partial charge is 0.0336 e. The molecule has 0 saturated carbocycles. The normalized spacial score (nSPS) is 20.9. The molecule has 2 unspecified atom stereocenters. The average Bonchev–Trinajstić information content (AvgIpc) is 2.80. The summed E-state index contributed by atoms with van der Waals surface area (Å²) in [5.41, 5.74) is 9.11. The van der Waals surface area contributed by atoms with E-state index in [-0.39, 0.29) is 5.54 Å². The predicted octanol–water partition coefficient (Wildman–Crippen LogP) is 2.77. The Labute approximate surface area is 105 Å². The van der Waals surface area contributed by atoms with Gasteiger partial charge in [0.2, 0.25) is 0 Å². The molecule has 1 aliphatic rings. The fourth-order valence-electron chi connectivity index (χ4n) is 2.78. The third-order valence-corrected chi connectivity index (χ3v) is 4.65. The Kier molecular flexibility index (Phi) is 3.55. The van der Waals surface area contributed by atoms with Crippen LogP contribution in [0.25, 0.3) is 0 Å². The number of fused-ring (bicyclic) bond motifs is 1. The third-order valence-electron chi connectivity index (χ3n) is 4.65. The van der Waals surface area contributed by atoms with Crippen LogP contribution in [0.1, 0.15) is 38.3 Å². The van der Waals surface area contributed by atoms with Crippen LogP contribution >= 0.6 is 0 Å². The molecule has 2 N–H and O–H groups in total. The lowest BCUT2D eigenvalue weighted by Gasteiger charge is -2.42. The quantitative estimate of drug-likeness (QED) is 0.865. The van der Waals surface area contributed by atoms with Crippen LogP contribution in [0.3, 0.4) is 0 Å². The van der Waals surface area contributed by atoms with Crippen molar-refractivity contribution in [2.75, 3.05) is 6.54 Å². The van der Waals surface area contributed by atoms with Gasteiger partial charge in [0, 0.05) is 25.2 Å². The van der Waals surface area contributed by atoms with Gasteiger partial charge in [-0.1, -0.05) is 44.5 Å². The Morgan fingerprint density at radius 1 is 1.29 bits per heavy atom. The molecule has 2 rings (SSSR count). The molecule has 0 aliphatic carbocycles. The van der Waals surface area contributed by atoms with E-state index in [9.17, 15) is 0 Å². The van der Waals surface area contributed by atoms with Crippen LogP contribution in [0.15, 0.2) is 24.3 Å². The van der Waals surface area contributed by atoms with Gasteiger partial charge in [-0.25, -0.2) is 0 Å². The molecule has 17 heavy (non-hydrogen) atoms. The second-order valence-electron chi connectivity index (χ2n) is 5.50. The van der Waals surface area contributed by atoms with Crippen molar-refractivity contribution in [1.82, 2.24) is 4.90 Å². The van der Waals surface area contributed by atoms with Crippen LogP contribution in [-0.2, 0) is 13.1 Å². The van der Waals surface area contributed by atoms with Crippen LogP contribution in [0, 0.1) is 5.92 Å². The largest absolute Gasteiger partial charge is 0.329 e. The molecule has 2 heteroatoms. The van der Waals surface area contributed by atoms with Crippen molar-refractivity contribution < 1.29 is 0 Å². The third kappa shape index (κ3) is 2.12. The summed E-state index contributed by atoms with van der Waals surface area (Å²) in [5, 5.41) is 0. The predicted molar refractivity (Wildman–Crippen MR) is 72.6 cm³/mol. The molecule has 1 aromatic carbocycles. The number of benzene rings is 1. The molecular formula is C15H24N2. The lowest BCUT2D eigenvalue weighted by Crippen LogP contribution is -2.53. The molecule has 1 heterocycles. The maximum absolute atomic E-state index is 6.06. The van der Waals surface area contributed by atoms with Gasteiger partial charge < -0.3 is 5.73 Å². The highest BCUT2D eigenvalue weighted by atomic mass is 15.2. The lowest BCUT2D eigenvalue weighted by molar-refractivity contribution is 0.0552. The summed E-state index contributed by atoms with van der Waals surface area (Å²) in [6, 6.07) is 8.74. The fourth-order valence-corrected chi connectivity index (χ4v) is 2.78. The zero-order chi connectivity index (χ0) is 12.5. The lowest BCUT2D eigenvalue weighted by atomic mass is 9.83. The molecule has 94 valence electrons. The summed E-state index contributed by atoms with van der Waals surface area (Å²) >= 11 is 0. The van der Waals surface area contributed by atoms with E-state index in [1.807, 2.05) is 0 Å². The average molecular weight is 232 g/mol. The first-order valence-electron chi connectivity index (χ1n) is 6.63. The first-order chi connectivity index (χ1) is 8.11. The molecule has 0 saturated heterocycles. The van der Waals surface area contributed by atoms with E-state index in [4.69, 9.17) is 5.73 Å². The van der Waals surface area contributed by atoms with Gasteiger partial charge in [-0.2, -0.15) is 0 Å². The summed E-state index contributed by atoms with van der Waals surface area (Å²) in [6.45, 7) is 9.71. The highest BCUT2D eigenvalue weighted by Crippen LogP contribution is 2.34. The van der Waals surface area contributed by atoms with Crippen molar-refractivity contribution in [3.05, 3.63) is 35.4 Å². The van der Waals surface area contributed by atoms with Gasteiger partial charge in [-0.05, 0) is 24.0 Å². The van der Waals surface area contributed by atoms with Gasteiger partial charge in [0.25, 0.3) is 0 Å². The van der Waals surface area contributed by atoms with E-state index in [2.05, 4.69) is 49.9 Å². The second kappa shape index (κ2) is 4.79. The standard InChI is InChI=1S/C15H24N2/c1-4-12(2)15(3,11-16)17-9-13-7-5-6-8-14(13)10-17/h5-8,12H,4,9-11,16H2,1-3H3. The van der Waals surface area contributed by atoms with E-state index >= 15 is 0 Å². The summed E-state index contributed by atoms with van der Waals surface area (Å²) in [5.74, 6) is 0.627. The molecule has 0 amide bonds. The Bertz CT molecular complexity index is 363. The van der Waals surface area contributed by atoms with Crippen LogP contribution < -0.4 is 5.73 Å². The van der Waals surface area contributed by atoms with Crippen LogP contribution in [0.5, 0.6) is 0 Å². The summed E-state index contributed by atoms with van der Waals surface area (Å²) < 4.78 is 0. The minimum Gasteiger partial charge on any atom is -0.329 e. The Balaban J connectivity index is 2.21. The molecule has 2 nitrogen and oxygen atoms in total. The molecule has 0 aromatic heterocycles. The van der Waals surface area contributed by atoms with Gasteiger partial charge in [-0.15, -0.1) is 0 Å². The minimum absolute atomic E-state index is 0.119. The number of hydrogen-bond acceptors (Lipinski definition) is 2. The summed E-state index contributed by atoms with van der Waals surface area (Å²) in [7, 11) is 0. The minimum atomic E-state index is 0.119. The van der Waals surface area contributed by atoms with Crippen molar-refractivity contribution in [3.63, 3.8) is 0 Å². The SMILES string of the molecule is CCC(C)C(C)(CN)N1Cc2ccccc2C1.